The second-order valence-corrected chi connectivity index (χ2v) is 8.31. The zero-order chi connectivity index (χ0) is 18.2. The molecule has 0 bridgehead atoms. The van der Waals surface area contributed by atoms with Gasteiger partial charge in [0.25, 0.3) is 10.0 Å². The molecule has 6 nitrogen and oxygen atoms in total. The molecule has 2 aromatic heterocycles. The summed E-state index contributed by atoms with van der Waals surface area (Å²) in [6.07, 6.45) is 0. The molecule has 132 valence electrons. The molecule has 0 saturated carbocycles. The summed E-state index contributed by atoms with van der Waals surface area (Å²) < 4.78 is 38.4. The lowest BCUT2D eigenvalue weighted by molar-refractivity contribution is 0.0526. The van der Waals surface area contributed by atoms with Crippen molar-refractivity contribution >= 4 is 44.0 Å². The first-order chi connectivity index (χ1) is 11.8. The number of fused-ring (bicyclic) bond motifs is 1. The van der Waals surface area contributed by atoms with Gasteiger partial charge >= 0.3 is 5.97 Å². The van der Waals surface area contributed by atoms with Gasteiger partial charge in [-0.2, -0.15) is 0 Å². The second kappa shape index (κ2) is 6.53. The fourth-order valence-electron chi connectivity index (χ4n) is 2.55. The molecule has 0 spiro atoms. The summed E-state index contributed by atoms with van der Waals surface area (Å²) in [5, 5.41) is 2.22. The molecule has 0 fully saturated rings. The Hall–Kier alpha value is -2.32. The van der Waals surface area contributed by atoms with Gasteiger partial charge in [0, 0.05) is 5.39 Å². The Morgan fingerprint density at radius 1 is 1.32 bits per heavy atom. The van der Waals surface area contributed by atoms with Crippen molar-refractivity contribution in [3.05, 3.63) is 46.5 Å². The zero-order valence-electron chi connectivity index (χ0n) is 14.0. The van der Waals surface area contributed by atoms with Crippen LogP contribution in [0.25, 0.3) is 11.0 Å². The smallest absolute Gasteiger partial charge is 0.342 e. The third kappa shape index (κ3) is 3.27. The first-order valence-electron chi connectivity index (χ1n) is 7.60. The number of anilines is 1. The summed E-state index contributed by atoms with van der Waals surface area (Å²) in [6.45, 7) is 5.42. The predicted octanol–water partition coefficient (Wildman–Crippen LogP) is 4.09. The topological polar surface area (TPSA) is 85.6 Å². The molecule has 0 aliphatic heterocycles. The third-order valence-corrected chi connectivity index (χ3v) is 6.46. The first-order valence-corrected chi connectivity index (χ1v) is 9.97. The van der Waals surface area contributed by atoms with Gasteiger partial charge in [-0.1, -0.05) is 6.07 Å². The van der Waals surface area contributed by atoms with Gasteiger partial charge in [-0.3, -0.25) is 4.72 Å². The molecule has 0 amide bonds. The van der Waals surface area contributed by atoms with Gasteiger partial charge in [0.15, 0.2) is 0 Å². The van der Waals surface area contributed by atoms with Gasteiger partial charge in [-0.25, -0.2) is 13.2 Å². The minimum Gasteiger partial charge on any atom is -0.462 e. The van der Waals surface area contributed by atoms with E-state index in [1.54, 1.807) is 44.4 Å². The van der Waals surface area contributed by atoms with Crippen molar-refractivity contribution in [2.45, 2.75) is 25.0 Å². The number of nitrogens with one attached hydrogen (secondary N) is 1. The molecule has 0 radical (unpaired) electrons. The Kier molecular flexibility index (Phi) is 4.57. The minimum atomic E-state index is -3.68. The van der Waals surface area contributed by atoms with Crippen molar-refractivity contribution in [1.82, 2.24) is 0 Å². The van der Waals surface area contributed by atoms with Gasteiger partial charge in [-0.15, -0.1) is 11.3 Å². The highest BCUT2D eigenvalue weighted by molar-refractivity contribution is 7.94. The molecule has 3 rings (SSSR count). The Morgan fingerprint density at radius 3 is 2.72 bits per heavy atom. The van der Waals surface area contributed by atoms with Crippen LogP contribution in [0.4, 0.5) is 5.69 Å². The van der Waals surface area contributed by atoms with E-state index in [0.29, 0.717) is 33.5 Å². The molecule has 25 heavy (non-hydrogen) atoms. The van der Waals surface area contributed by atoms with E-state index >= 15 is 0 Å². The van der Waals surface area contributed by atoms with Crippen LogP contribution in [0.1, 0.15) is 28.6 Å². The van der Waals surface area contributed by atoms with Crippen molar-refractivity contribution in [1.29, 1.82) is 0 Å². The average Bonchev–Trinajstić information content (AvgIpc) is 3.15. The summed E-state index contributed by atoms with van der Waals surface area (Å²) in [5.41, 5.74) is 1.91. The molecule has 2 heterocycles. The third-order valence-electron chi connectivity index (χ3n) is 3.69. The van der Waals surface area contributed by atoms with E-state index in [9.17, 15) is 13.2 Å². The van der Waals surface area contributed by atoms with Crippen LogP contribution in [0.5, 0.6) is 0 Å². The van der Waals surface area contributed by atoms with Crippen LogP contribution in [-0.4, -0.2) is 21.0 Å². The van der Waals surface area contributed by atoms with Crippen LogP contribution in [0, 0.1) is 13.8 Å². The highest BCUT2D eigenvalue weighted by atomic mass is 32.2. The fraction of sp³-hybridized carbons (Fsp3) is 0.235. The van der Waals surface area contributed by atoms with Gasteiger partial charge in [0.1, 0.15) is 21.1 Å². The quantitative estimate of drug-likeness (QED) is 0.675. The van der Waals surface area contributed by atoms with Crippen molar-refractivity contribution in [3.8, 4) is 0 Å². The number of esters is 1. The molecule has 0 saturated heterocycles. The molecule has 0 aliphatic carbocycles. The number of furan rings is 1. The number of ether oxygens (including phenoxy) is 1. The number of carbonyl (C=O) groups is 1. The maximum atomic E-state index is 12.5. The molecular weight excluding hydrogens is 362 g/mol. The van der Waals surface area contributed by atoms with E-state index in [1.807, 2.05) is 0 Å². The lowest BCUT2D eigenvalue weighted by atomic mass is 10.1. The second-order valence-electron chi connectivity index (χ2n) is 5.45. The van der Waals surface area contributed by atoms with E-state index in [4.69, 9.17) is 9.15 Å². The molecule has 0 atom stereocenters. The molecule has 1 N–H and O–H groups in total. The van der Waals surface area contributed by atoms with Crippen LogP contribution in [-0.2, 0) is 14.8 Å². The number of benzene rings is 1. The van der Waals surface area contributed by atoms with Crippen LogP contribution < -0.4 is 4.72 Å². The lowest BCUT2D eigenvalue weighted by Crippen LogP contribution is -2.12. The van der Waals surface area contributed by atoms with Crippen LogP contribution in [0.15, 0.2) is 38.3 Å². The SMILES string of the molecule is CCOC(=O)c1c(C)oc2cc(C)c(NS(=O)(=O)c3cccs3)cc12. The number of sulfonamides is 1. The van der Waals surface area contributed by atoms with Gasteiger partial charge < -0.3 is 9.15 Å². The van der Waals surface area contributed by atoms with Crippen molar-refractivity contribution in [3.63, 3.8) is 0 Å². The number of hydrogen-bond donors (Lipinski definition) is 1. The Labute approximate surface area is 149 Å². The summed E-state index contributed by atoms with van der Waals surface area (Å²) >= 11 is 1.13. The van der Waals surface area contributed by atoms with Crippen LogP contribution in [0.3, 0.4) is 0 Å². The molecule has 0 unspecified atom stereocenters. The standard InChI is InChI=1S/C17H17NO5S2/c1-4-22-17(19)16-11(3)23-14-8-10(2)13(9-12(14)16)18-25(20,21)15-6-5-7-24-15/h5-9,18H,4H2,1-3H3. The van der Waals surface area contributed by atoms with Gasteiger partial charge in [0.2, 0.25) is 0 Å². The summed E-state index contributed by atoms with van der Waals surface area (Å²) in [6, 6.07) is 6.52. The predicted molar refractivity (Wildman–Crippen MR) is 96.8 cm³/mol. The maximum absolute atomic E-state index is 12.5. The highest BCUT2D eigenvalue weighted by Gasteiger charge is 2.22. The van der Waals surface area contributed by atoms with Gasteiger partial charge in [-0.05, 0) is 49.9 Å². The number of thiophene rings is 1. The van der Waals surface area contributed by atoms with E-state index in [-0.39, 0.29) is 10.8 Å². The molecule has 1 aromatic carbocycles. The number of hydrogen-bond acceptors (Lipinski definition) is 6. The van der Waals surface area contributed by atoms with Crippen LogP contribution >= 0.6 is 11.3 Å². The molecule has 3 aromatic rings. The highest BCUT2D eigenvalue weighted by Crippen LogP contribution is 2.32. The van der Waals surface area contributed by atoms with Crippen molar-refractivity contribution in [2.75, 3.05) is 11.3 Å². The minimum absolute atomic E-state index is 0.223. The monoisotopic (exact) mass is 379 g/mol. The van der Waals surface area contributed by atoms with Crippen molar-refractivity contribution < 1.29 is 22.4 Å². The number of aryl methyl sites for hydroxylation is 2. The maximum Gasteiger partial charge on any atom is 0.342 e. The van der Waals surface area contributed by atoms with Crippen LogP contribution in [0.2, 0.25) is 0 Å². The van der Waals surface area contributed by atoms with Crippen molar-refractivity contribution in [2.24, 2.45) is 0 Å². The largest absolute Gasteiger partial charge is 0.462 e. The number of carbonyl (C=O) groups excluding carboxylic acids is 1. The average molecular weight is 379 g/mol. The molecule has 8 heteroatoms. The normalized spacial score (nSPS) is 11.6. The Balaban J connectivity index is 2.09. The molecule has 0 aliphatic rings. The zero-order valence-corrected chi connectivity index (χ0v) is 15.6. The number of rotatable bonds is 5. The van der Waals surface area contributed by atoms with E-state index < -0.39 is 16.0 Å². The summed E-state index contributed by atoms with van der Waals surface area (Å²) in [5.74, 6) is -0.0548. The Morgan fingerprint density at radius 2 is 2.08 bits per heavy atom. The lowest BCUT2D eigenvalue weighted by Gasteiger charge is -2.10. The molecular formula is C17H17NO5S2. The van der Waals surface area contributed by atoms with Gasteiger partial charge in [0.05, 0.1) is 12.3 Å². The Bertz CT molecular complexity index is 1030. The van der Waals surface area contributed by atoms with E-state index in [2.05, 4.69) is 4.72 Å². The fourth-order valence-corrected chi connectivity index (χ4v) is 4.66. The summed E-state index contributed by atoms with van der Waals surface area (Å²) in [7, 11) is -3.68. The summed E-state index contributed by atoms with van der Waals surface area (Å²) in [4.78, 5) is 12.2. The van der Waals surface area contributed by atoms with E-state index in [1.165, 1.54) is 6.07 Å². The first kappa shape index (κ1) is 17.5. The van der Waals surface area contributed by atoms with E-state index in [0.717, 1.165) is 11.3 Å².